The third kappa shape index (κ3) is 6.21. The maximum Gasteiger partial charge on any atom is 0.159 e. The molecule has 0 heterocycles. The van der Waals surface area contributed by atoms with Gasteiger partial charge < -0.3 is 31.2 Å². The number of nitrogen functional groups attached to an aromatic ring is 2. The smallest absolute Gasteiger partial charge is 0.159 e. The molecule has 6 aromatic rings. The summed E-state index contributed by atoms with van der Waals surface area (Å²) in [6.07, 6.45) is 0. The molecule has 212 valence electrons. The van der Waals surface area contributed by atoms with Crippen LogP contribution in [-0.4, -0.2) is 10.2 Å². The molecule has 44 heavy (non-hydrogen) atoms. The highest BCUT2D eigenvalue weighted by Crippen LogP contribution is 2.39. The zero-order valence-electron chi connectivity index (χ0n) is 23.4. The minimum Gasteiger partial charge on any atom is -0.506 e. The molecular weight excluding hydrogens is 548 g/mol. The molecule has 0 saturated heterocycles. The number of rotatable bonds is 4. The summed E-state index contributed by atoms with van der Waals surface area (Å²) in [5, 5.41) is 21.9. The van der Waals surface area contributed by atoms with E-state index in [1.807, 2.05) is 84.9 Å². The van der Waals surface area contributed by atoms with Crippen molar-refractivity contribution in [3.05, 3.63) is 144 Å². The quantitative estimate of drug-likeness (QED) is 0.0971. The Morgan fingerprint density at radius 2 is 1.02 bits per heavy atom. The maximum absolute atomic E-state index is 10.3. The Kier molecular flexibility index (Phi) is 7.65. The lowest BCUT2D eigenvalue weighted by molar-refractivity contribution is 0.455. The molecular formula is C38H26N2O4. The number of benzene rings is 6. The van der Waals surface area contributed by atoms with Crippen LogP contribution in [0.2, 0.25) is 0 Å². The molecule has 0 aromatic heterocycles. The summed E-state index contributed by atoms with van der Waals surface area (Å²) < 4.78 is 12.5. The summed E-state index contributed by atoms with van der Waals surface area (Å²) in [6.45, 7) is 0. The molecule has 0 atom stereocenters. The number of ether oxygens (including phenoxy) is 2. The van der Waals surface area contributed by atoms with E-state index in [2.05, 4.69) is 23.7 Å². The van der Waals surface area contributed by atoms with Gasteiger partial charge in [0.05, 0.1) is 22.5 Å². The Morgan fingerprint density at radius 3 is 1.61 bits per heavy atom. The summed E-state index contributed by atoms with van der Waals surface area (Å²) in [5.74, 6) is 14.7. The van der Waals surface area contributed by atoms with Crippen molar-refractivity contribution in [2.75, 3.05) is 11.5 Å². The predicted octanol–water partition coefficient (Wildman–Crippen LogP) is 7.80. The molecule has 0 bridgehead atoms. The Balaban J connectivity index is 1.55. The van der Waals surface area contributed by atoms with Gasteiger partial charge in [-0.05, 0) is 78.2 Å². The molecule has 6 rings (SSSR count). The fourth-order valence-corrected chi connectivity index (χ4v) is 4.50. The van der Waals surface area contributed by atoms with E-state index >= 15 is 0 Å². The van der Waals surface area contributed by atoms with Crippen molar-refractivity contribution in [2.24, 2.45) is 0 Å². The van der Waals surface area contributed by atoms with Gasteiger partial charge in [-0.2, -0.15) is 0 Å². The molecule has 0 fully saturated rings. The van der Waals surface area contributed by atoms with E-state index in [-0.39, 0.29) is 22.9 Å². The second kappa shape index (κ2) is 12.2. The number of phenols is 2. The van der Waals surface area contributed by atoms with Crippen LogP contribution in [0.1, 0.15) is 22.3 Å². The van der Waals surface area contributed by atoms with Crippen LogP contribution in [0.4, 0.5) is 11.4 Å². The third-order valence-corrected chi connectivity index (χ3v) is 6.74. The summed E-state index contributed by atoms with van der Waals surface area (Å²) >= 11 is 0. The molecule has 6 N–H and O–H groups in total. The average Bonchev–Trinajstić information content (AvgIpc) is 3.04. The first-order chi connectivity index (χ1) is 21.4. The van der Waals surface area contributed by atoms with Crippen molar-refractivity contribution >= 4 is 22.1 Å². The predicted molar refractivity (Wildman–Crippen MR) is 174 cm³/mol. The van der Waals surface area contributed by atoms with Crippen molar-refractivity contribution in [1.82, 2.24) is 0 Å². The zero-order chi connectivity index (χ0) is 30.5. The van der Waals surface area contributed by atoms with Crippen molar-refractivity contribution in [2.45, 2.75) is 0 Å². The van der Waals surface area contributed by atoms with Gasteiger partial charge in [-0.3, -0.25) is 0 Å². The van der Waals surface area contributed by atoms with Crippen LogP contribution in [0.3, 0.4) is 0 Å². The average molecular weight is 575 g/mol. The van der Waals surface area contributed by atoms with Crippen molar-refractivity contribution in [3.8, 4) is 58.2 Å². The largest absolute Gasteiger partial charge is 0.506 e. The normalized spacial score (nSPS) is 10.3. The summed E-state index contributed by atoms with van der Waals surface area (Å²) in [7, 11) is 0. The molecule has 0 amide bonds. The van der Waals surface area contributed by atoms with Crippen LogP contribution < -0.4 is 20.9 Å². The number of nitrogens with two attached hydrogens (primary N) is 2. The molecule has 0 unspecified atom stereocenters. The number of phenolic OH excluding ortho intramolecular Hbond substituents is 2. The lowest BCUT2D eigenvalue weighted by Gasteiger charge is -2.15. The van der Waals surface area contributed by atoms with E-state index in [1.165, 1.54) is 12.1 Å². The molecule has 0 aliphatic heterocycles. The van der Waals surface area contributed by atoms with Gasteiger partial charge in [-0.15, -0.1) is 0 Å². The highest BCUT2D eigenvalue weighted by Gasteiger charge is 2.16. The molecule has 6 aromatic carbocycles. The van der Waals surface area contributed by atoms with Crippen LogP contribution in [0.5, 0.6) is 34.5 Å². The minimum absolute atomic E-state index is 0.0595. The number of hydrogen-bond acceptors (Lipinski definition) is 6. The standard InChI is InChI=1S/C38H26N2O4/c39-34-19-15-30(23-36(34)41)43-29-14-18-32-28(22-29)21-27(13-11-25-7-3-1-4-8-25)38(44-31-16-20-35(40)37(42)24-31)33(32)17-12-26-9-5-2-6-10-26/h1-10,14-16,18-24,41-42H,39-40H2. The van der Waals surface area contributed by atoms with Gasteiger partial charge in [-0.25, -0.2) is 0 Å². The number of fused-ring (bicyclic) bond motifs is 1. The van der Waals surface area contributed by atoms with Crippen molar-refractivity contribution in [1.29, 1.82) is 0 Å². The fraction of sp³-hybridized carbons (Fsp3) is 0. The van der Waals surface area contributed by atoms with Gasteiger partial charge in [-0.1, -0.05) is 60.1 Å². The van der Waals surface area contributed by atoms with Gasteiger partial charge in [0.2, 0.25) is 0 Å². The summed E-state index contributed by atoms with van der Waals surface area (Å²) in [4.78, 5) is 0. The molecule has 0 saturated carbocycles. The van der Waals surface area contributed by atoms with E-state index in [0.717, 1.165) is 21.9 Å². The van der Waals surface area contributed by atoms with E-state index in [1.54, 1.807) is 24.3 Å². The minimum atomic E-state index is -0.0902. The van der Waals surface area contributed by atoms with Crippen LogP contribution >= 0.6 is 0 Å². The van der Waals surface area contributed by atoms with Crippen LogP contribution in [0.25, 0.3) is 10.8 Å². The molecule has 0 aliphatic rings. The molecule has 6 heteroatoms. The van der Waals surface area contributed by atoms with Gasteiger partial charge in [0.25, 0.3) is 0 Å². The zero-order valence-corrected chi connectivity index (χ0v) is 23.4. The molecule has 6 nitrogen and oxygen atoms in total. The van der Waals surface area contributed by atoms with Crippen molar-refractivity contribution < 1.29 is 19.7 Å². The van der Waals surface area contributed by atoms with E-state index in [9.17, 15) is 10.2 Å². The molecule has 0 radical (unpaired) electrons. The van der Waals surface area contributed by atoms with Crippen LogP contribution in [0.15, 0.2) is 121 Å². The Labute approximate surface area is 254 Å². The van der Waals surface area contributed by atoms with Gasteiger partial charge >= 0.3 is 0 Å². The third-order valence-electron chi connectivity index (χ3n) is 6.74. The maximum atomic E-state index is 10.3. The number of anilines is 2. The first-order valence-electron chi connectivity index (χ1n) is 13.7. The fourth-order valence-electron chi connectivity index (χ4n) is 4.50. The molecule has 0 spiro atoms. The Bertz CT molecular complexity index is 2120. The van der Waals surface area contributed by atoms with Gasteiger partial charge in [0, 0.05) is 28.6 Å². The number of aromatic hydroxyl groups is 2. The lowest BCUT2D eigenvalue weighted by Crippen LogP contribution is -1.96. The monoisotopic (exact) mass is 574 g/mol. The first-order valence-corrected chi connectivity index (χ1v) is 13.7. The Morgan fingerprint density at radius 1 is 0.500 bits per heavy atom. The van der Waals surface area contributed by atoms with Gasteiger partial charge in [0.15, 0.2) is 5.75 Å². The topological polar surface area (TPSA) is 111 Å². The van der Waals surface area contributed by atoms with Crippen LogP contribution in [0, 0.1) is 23.7 Å². The second-order valence-electron chi connectivity index (χ2n) is 9.89. The highest BCUT2D eigenvalue weighted by molar-refractivity contribution is 5.94. The lowest BCUT2D eigenvalue weighted by atomic mass is 9.98. The van der Waals surface area contributed by atoms with Crippen LogP contribution in [-0.2, 0) is 0 Å². The van der Waals surface area contributed by atoms with Crippen molar-refractivity contribution in [3.63, 3.8) is 0 Å². The van der Waals surface area contributed by atoms with E-state index in [0.29, 0.717) is 34.1 Å². The van der Waals surface area contributed by atoms with E-state index in [4.69, 9.17) is 20.9 Å². The first kappa shape index (κ1) is 27.7. The second-order valence-corrected chi connectivity index (χ2v) is 9.89. The summed E-state index contributed by atoms with van der Waals surface area (Å²) in [5.41, 5.74) is 15.0. The number of hydrogen-bond donors (Lipinski definition) is 4. The van der Waals surface area contributed by atoms with E-state index < -0.39 is 0 Å². The molecule has 0 aliphatic carbocycles. The highest BCUT2D eigenvalue weighted by atomic mass is 16.5. The summed E-state index contributed by atoms with van der Waals surface area (Å²) in [6, 6.07) is 36.3. The Hall–Kier alpha value is -6.50. The van der Waals surface area contributed by atoms with Gasteiger partial charge in [0.1, 0.15) is 28.7 Å². The SMILES string of the molecule is Nc1ccc(Oc2ccc3c(C#Cc4ccccc4)c(Oc4ccc(N)c(O)c4)c(C#Cc4ccccc4)cc3c2)cc1O.